The van der Waals surface area contributed by atoms with Gasteiger partial charge in [-0.2, -0.15) is 0 Å². The van der Waals surface area contributed by atoms with Crippen LogP contribution >= 0.6 is 0 Å². The molecular weight excluding hydrogens is 715 g/mol. The zero-order chi connectivity index (χ0) is 39.5. The fraction of sp³-hybridized carbons (Fsp3) is 0.0526. The van der Waals surface area contributed by atoms with E-state index in [0.717, 1.165) is 44.6 Å². The summed E-state index contributed by atoms with van der Waals surface area (Å²) in [4.78, 5) is 2.45. The zero-order valence-corrected chi connectivity index (χ0v) is 33.1. The number of hydrogen-bond donors (Lipinski definition) is 0. The summed E-state index contributed by atoms with van der Waals surface area (Å²) in [6, 6.07) is 77.0. The lowest BCUT2D eigenvalue weighted by Gasteiger charge is -2.30. The van der Waals surface area contributed by atoms with Crippen LogP contribution in [0.15, 0.2) is 217 Å². The molecule has 0 fully saturated rings. The Hall–Kier alpha value is -7.42. The third-order valence-electron chi connectivity index (χ3n) is 12.3. The second kappa shape index (κ2) is 13.9. The van der Waals surface area contributed by atoms with Gasteiger partial charge in [0.1, 0.15) is 11.2 Å². The first-order chi connectivity index (χ1) is 29.0. The summed E-state index contributed by atoms with van der Waals surface area (Å²) in [6.07, 6.45) is 0. The minimum atomic E-state index is -0.0900. The first-order valence-electron chi connectivity index (χ1n) is 20.4. The minimum Gasteiger partial charge on any atom is -0.456 e. The van der Waals surface area contributed by atoms with Gasteiger partial charge in [0.2, 0.25) is 0 Å². The Bertz CT molecular complexity index is 3190. The third-order valence-corrected chi connectivity index (χ3v) is 12.3. The highest BCUT2D eigenvalue weighted by Crippen LogP contribution is 2.53. The molecule has 0 saturated heterocycles. The van der Waals surface area contributed by atoms with Crippen LogP contribution in [0.2, 0.25) is 0 Å². The van der Waals surface area contributed by atoms with Crippen LogP contribution in [0.3, 0.4) is 0 Å². The van der Waals surface area contributed by atoms with E-state index in [1.54, 1.807) is 0 Å². The van der Waals surface area contributed by atoms with E-state index in [9.17, 15) is 0 Å². The van der Waals surface area contributed by atoms with E-state index in [2.05, 4.69) is 225 Å². The lowest BCUT2D eigenvalue weighted by molar-refractivity contribution is 0.660. The summed E-state index contributed by atoms with van der Waals surface area (Å²) in [7, 11) is 0. The molecule has 0 spiro atoms. The van der Waals surface area contributed by atoms with Gasteiger partial charge in [0.25, 0.3) is 0 Å². The van der Waals surface area contributed by atoms with Crippen LogP contribution in [0.4, 0.5) is 17.1 Å². The maximum atomic E-state index is 6.38. The first-order valence-corrected chi connectivity index (χ1v) is 20.4. The highest BCUT2D eigenvalue weighted by molar-refractivity contribution is 6.08. The summed E-state index contributed by atoms with van der Waals surface area (Å²) in [5.41, 5.74) is 19.7. The highest BCUT2D eigenvalue weighted by Gasteiger charge is 2.36. The first kappa shape index (κ1) is 34.8. The molecule has 1 aliphatic carbocycles. The standard InChI is InChI=1S/C57H41NO/c1-57(2)50-30-13-11-27-48(50)55-45(28-16-31-51(55)57)40-22-15-23-41(36-40)58(42-34-35-54-49(37-42)46-25-12-14-33-53(46)59-54)52-32-17-29-44(39-20-7-4-8-21-39)56(52)47-26-10-9-24-43(47)38-18-5-3-6-19-38/h3-37H,1-2H3. The predicted molar refractivity (Wildman–Crippen MR) is 248 cm³/mol. The molecule has 59 heavy (non-hydrogen) atoms. The quantitative estimate of drug-likeness (QED) is 0.161. The number of benzene rings is 9. The molecule has 1 aliphatic rings. The predicted octanol–water partition coefficient (Wildman–Crippen LogP) is 16.0. The van der Waals surface area contributed by atoms with Crippen molar-refractivity contribution in [1.82, 2.24) is 0 Å². The Morgan fingerprint density at radius 2 is 0.898 bits per heavy atom. The van der Waals surface area contributed by atoms with Crippen LogP contribution in [0.5, 0.6) is 0 Å². The number of para-hydroxylation sites is 1. The summed E-state index contributed by atoms with van der Waals surface area (Å²) < 4.78 is 6.38. The van der Waals surface area contributed by atoms with Crippen molar-refractivity contribution in [2.45, 2.75) is 19.3 Å². The maximum Gasteiger partial charge on any atom is 0.135 e. The number of rotatable bonds is 7. The van der Waals surface area contributed by atoms with Crippen molar-refractivity contribution in [1.29, 1.82) is 0 Å². The smallest absolute Gasteiger partial charge is 0.135 e. The molecule has 0 unspecified atom stereocenters. The Labute approximate surface area is 345 Å². The van der Waals surface area contributed by atoms with Crippen LogP contribution in [0.1, 0.15) is 25.0 Å². The molecule has 0 bridgehead atoms. The average Bonchev–Trinajstić information content (AvgIpc) is 3.78. The molecule has 1 aromatic heterocycles. The summed E-state index contributed by atoms with van der Waals surface area (Å²) in [5, 5.41) is 2.19. The number of fused-ring (bicyclic) bond motifs is 6. The molecule has 9 aromatic carbocycles. The van der Waals surface area contributed by atoms with E-state index in [-0.39, 0.29) is 5.41 Å². The van der Waals surface area contributed by atoms with Crippen molar-refractivity contribution in [3.8, 4) is 55.6 Å². The van der Waals surface area contributed by atoms with E-state index < -0.39 is 0 Å². The fourth-order valence-electron chi connectivity index (χ4n) is 9.53. The monoisotopic (exact) mass is 755 g/mol. The van der Waals surface area contributed by atoms with Gasteiger partial charge in [-0.25, -0.2) is 0 Å². The number of furan rings is 1. The normalized spacial score (nSPS) is 12.7. The molecule has 0 N–H and O–H groups in total. The molecule has 0 aliphatic heterocycles. The second-order valence-corrected chi connectivity index (χ2v) is 16.0. The van der Waals surface area contributed by atoms with Crippen molar-refractivity contribution < 1.29 is 4.42 Å². The van der Waals surface area contributed by atoms with Gasteiger partial charge < -0.3 is 9.32 Å². The minimum absolute atomic E-state index is 0.0900. The average molecular weight is 756 g/mol. The SMILES string of the molecule is CC1(C)c2ccccc2-c2c(-c3cccc(N(c4ccc5oc6ccccc6c5c4)c4cccc(-c5ccccc5)c4-c4ccccc4-c4ccccc4)c3)cccc21. The van der Waals surface area contributed by atoms with Gasteiger partial charge in [0.15, 0.2) is 0 Å². The second-order valence-electron chi connectivity index (χ2n) is 16.0. The van der Waals surface area contributed by atoms with Crippen LogP contribution < -0.4 is 4.90 Å². The van der Waals surface area contributed by atoms with Gasteiger partial charge in [-0.1, -0.05) is 184 Å². The molecule has 0 saturated carbocycles. The molecule has 2 nitrogen and oxygen atoms in total. The van der Waals surface area contributed by atoms with Gasteiger partial charge in [0, 0.05) is 33.1 Å². The van der Waals surface area contributed by atoms with Gasteiger partial charge in [-0.05, 0) is 104 Å². The number of hydrogen-bond acceptors (Lipinski definition) is 2. The maximum absolute atomic E-state index is 6.38. The topological polar surface area (TPSA) is 16.4 Å². The van der Waals surface area contributed by atoms with Gasteiger partial charge in [0.05, 0.1) is 5.69 Å². The van der Waals surface area contributed by atoms with Crippen LogP contribution in [-0.4, -0.2) is 0 Å². The van der Waals surface area contributed by atoms with E-state index in [1.165, 1.54) is 61.2 Å². The van der Waals surface area contributed by atoms with Crippen LogP contribution in [-0.2, 0) is 5.41 Å². The molecule has 0 amide bonds. The highest BCUT2D eigenvalue weighted by atomic mass is 16.3. The van der Waals surface area contributed by atoms with Crippen LogP contribution in [0, 0.1) is 0 Å². The van der Waals surface area contributed by atoms with Crippen molar-refractivity contribution in [3.05, 3.63) is 223 Å². The molecule has 0 atom stereocenters. The van der Waals surface area contributed by atoms with Gasteiger partial charge >= 0.3 is 0 Å². The molecule has 0 radical (unpaired) electrons. The van der Waals surface area contributed by atoms with Crippen molar-refractivity contribution >= 4 is 39.0 Å². The summed E-state index contributed by atoms with van der Waals surface area (Å²) in [6.45, 7) is 4.70. The lowest BCUT2D eigenvalue weighted by Crippen LogP contribution is -2.14. The van der Waals surface area contributed by atoms with E-state index in [1.807, 2.05) is 6.07 Å². The Morgan fingerprint density at radius 3 is 1.69 bits per heavy atom. The third kappa shape index (κ3) is 5.71. The van der Waals surface area contributed by atoms with E-state index in [4.69, 9.17) is 4.42 Å². The Kier molecular flexibility index (Phi) is 8.20. The molecule has 2 heteroatoms. The van der Waals surface area contributed by atoms with Gasteiger partial charge in [-0.3, -0.25) is 0 Å². The molecule has 280 valence electrons. The van der Waals surface area contributed by atoms with Gasteiger partial charge in [-0.15, -0.1) is 0 Å². The van der Waals surface area contributed by atoms with Crippen LogP contribution in [0.25, 0.3) is 77.6 Å². The fourth-order valence-corrected chi connectivity index (χ4v) is 9.53. The Morgan fingerprint density at radius 1 is 0.356 bits per heavy atom. The number of nitrogens with zero attached hydrogens (tertiary/aromatic N) is 1. The van der Waals surface area contributed by atoms with E-state index >= 15 is 0 Å². The Balaban J connectivity index is 1.20. The van der Waals surface area contributed by atoms with Crippen molar-refractivity contribution in [3.63, 3.8) is 0 Å². The summed E-state index contributed by atoms with van der Waals surface area (Å²) in [5.74, 6) is 0. The largest absolute Gasteiger partial charge is 0.456 e. The molecule has 1 heterocycles. The summed E-state index contributed by atoms with van der Waals surface area (Å²) >= 11 is 0. The number of anilines is 3. The van der Waals surface area contributed by atoms with E-state index in [0.29, 0.717) is 0 Å². The zero-order valence-electron chi connectivity index (χ0n) is 33.1. The van der Waals surface area contributed by atoms with Crippen molar-refractivity contribution in [2.24, 2.45) is 0 Å². The molecule has 10 aromatic rings. The lowest BCUT2D eigenvalue weighted by atomic mass is 9.82. The molecule has 11 rings (SSSR count). The molecular formula is C57H41NO. The van der Waals surface area contributed by atoms with Crippen molar-refractivity contribution in [2.75, 3.05) is 4.90 Å².